The van der Waals surface area contributed by atoms with E-state index in [1.54, 1.807) is 7.11 Å². The van der Waals surface area contributed by atoms with Crippen LogP contribution in [0.3, 0.4) is 0 Å². The van der Waals surface area contributed by atoms with Crippen LogP contribution in [0.2, 0.25) is 0 Å². The van der Waals surface area contributed by atoms with Crippen LogP contribution in [-0.2, 0) is 22.3 Å². The second-order valence-electron chi connectivity index (χ2n) is 6.48. The van der Waals surface area contributed by atoms with Gasteiger partial charge in [-0.1, -0.05) is 12.1 Å². The van der Waals surface area contributed by atoms with Crippen molar-refractivity contribution in [2.75, 3.05) is 26.7 Å². The molecule has 0 atom stereocenters. The Balaban J connectivity index is 1.56. The highest BCUT2D eigenvalue weighted by Gasteiger charge is 2.27. The second kappa shape index (κ2) is 8.50. The van der Waals surface area contributed by atoms with Gasteiger partial charge in [-0.25, -0.2) is 4.39 Å². The molecule has 3 nitrogen and oxygen atoms in total. The van der Waals surface area contributed by atoms with E-state index in [-0.39, 0.29) is 5.82 Å². The van der Waals surface area contributed by atoms with Crippen LogP contribution in [0.25, 0.3) is 0 Å². The van der Waals surface area contributed by atoms with Crippen molar-refractivity contribution in [2.24, 2.45) is 0 Å². The zero-order valence-electron chi connectivity index (χ0n) is 14.4. The number of rotatable bonds is 6. The van der Waals surface area contributed by atoms with Crippen LogP contribution in [0.1, 0.15) is 29.9 Å². The third-order valence-electron chi connectivity index (χ3n) is 4.96. The van der Waals surface area contributed by atoms with E-state index in [4.69, 9.17) is 4.74 Å². The van der Waals surface area contributed by atoms with Crippen molar-refractivity contribution in [3.63, 3.8) is 0 Å². The Hall–Kier alpha value is -1.85. The van der Waals surface area contributed by atoms with Crippen molar-refractivity contribution in [3.05, 3.63) is 59.4 Å². The molecule has 3 rings (SSSR count). The van der Waals surface area contributed by atoms with Gasteiger partial charge in [-0.15, -0.1) is 0 Å². The van der Waals surface area contributed by atoms with Crippen LogP contribution < -0.4 is 4.74 Å². The number of ether oxygens (including phenoxy) is 1. The minimum Gasteiger partial charge on any atom is -0.497 e. The summed E-state index contributed by atoms with van der Waals surface area (Å²) in [6.07, 6.45) is 3.03. The minimum absolute atomic E-state index is 0.185. The summed E-state index contributed by atoms with van der Waals surface area (Å²) in [6, 6.07) is 12.5. The zero-order valence-corrected chi connectivity index (χ0v) is 15.2. The maximum absolute atomic E-state index is 13.0. The number of hydrogen-bond acceptors (Lipinski definition) is 3. The standard InChI is InChI=1S/C20H23FNO2S/c1-24-18-6-7-20(25-23)19(14-18)16-9-12-22(13-10-16)11-8-15-2-4-17(21)5-3-15/h2-7,14,16H,8-13H2,1H3/q+1. The molecule has 0 bridgehead atoms. The first-order valence-electron chi connectivity index (χ1n) is 8.64. The predicted molar refractivity (Wildman–Crippen MR) is 97.8 cm³/mol. The molecule has 1 saturated heterocycles. The van der Waals surface area contributed by atoms with Crippen LogP contribution in [0.5, 0.6) is 5.75 Å². The molecule has 0 N–H and O–H groups in total. The molecule has 1 heterocycles. The van der Waals surface area contributed by atoms with Gasteiger partial charge in [0.1, 0.15) is 11.6 Å². The molecule has 0 unspecified atom stereocenters. The van der Waals surface area contributed by atoms with Gasteiger partial charge in [0.05, 0.1) is 7.11 Å². The van der Waals surface area contributed by atoms with Gasteiger partial charge in [-0.2, -0.15) is 0 Å². The average Bonchev–Trinajstić information content (AvgIpc) is 2.67. The fourth-order valence-electron chi connectivity index (χ4n) is 3.45. The van der Waals surface area contributed by atoms with Crippen molar-refractivity contribution < 1.29 is 13.3 Å². The van der Waals surface area contributed by atoms with Crippen molar-refractivity contribution in [2.45, 2.75) is 30.1 Å². The summed E-state index contributed by atoms with van der Waals surface area (Å²) < 4.78 is 29.7. The van der Waals surface area contributed by atoms with Gasteiger partial charge >= 0.3 is 11.7 Å². The maximum Gasteiger partial charge on any atom is 0.505 e. The van der Waals surface area contributed by atoms with E-state index in [2.05, 4.69) is 4.90 Å². The molecular weight excluding hydrogens is 337 g/mol. The molecular formula is C20H23FNO2S+. The van der Waals surface area contributed by atoms with Crippen molar-refractivity contribution in [1.29, 1.82) is 0 Å². The Morgan fingerprint density at radius 1 is 1.16 bits per heavy atom. The molecule has 2 aromatic carbocycles. The smallest absolute Gasteiger partial charge is 0.497 e. The highest BCUT2D eigenvalue weighted by Crippen LogP contribution is 2.33. The Morgan fingerprint density at radius 3 is 2.52 bits per heavy atom. The first-order valence-corrected chi connectivity index (χ1v) is 9.38. The number of nitrogens with zero attached hydrogens (tertiary/aromatic N) is 1. The summed E-state index contributed by atoms with van der Waals surface area (Å²) in [6.45, 7) is 3.03. The van der Waals surface area contributed by atoms with Crippen LogP contribution in [0, 0.1) is 5.82 Å². The summed E-state index contributed by atoms with van der Waals surface area (Å²) in [5.74, 6) is 1.04. The maximum atomic E-state index is 13.0. The van der Waals surface area contributed by atoms with Crippen LogP contribution >= 0.6 is 0 Å². The quantitative estimate of drug-likeness (QED) is 0.728. The molecule has 1 aliphatic heterocycles. The molecule has 0 amide bonds. The summed E-state index contributed by atoms with van der Waals surface area (Å²) in [7, 11) is 1.65. The number of halogens is 1. The first kappa shape index (κ1) is 18.0. The molecule has 2 aromatic rings. The molecule has 0 aromatic heterocycles. The van der Waals surface area contributed by atoms with Crippen LogP contribution in [0.4, 0.5) is 4.39 Å². The summed E-state index contributed by atoms with van der Waals surface area (Å²) >= 11 is 0.568. The third-order valence-corrected chi connectivity index (χ3v) is 5.52. The number of likely N-dealkylation sites (tertiary alicyclic amines) is 1. The lowest BCUT2D eigenvalue weighted by Gasteiger charge is -2.31. The van der Waals surface area contributed by atoms with Gasteiger partial charge in [0.25, 0.3) is 4.90 Å². The van der Waals surface area contributed by atoms with E-state index in [1.165, 1.54) is 17.7 Å². The van der Waals surface area contributed by atoms with Crippen molar-refractivity contribution in [3.8, 4) is 5.75 Å². The van der Waals surface area contributed by atoms with Gasteiger partial charge in [0, 0.05) is 22.4 Å². The molecule has 25 heavy (non-hydrogen) atoms. The van der Waals surface area contributed by atoms with Gasteiger partial charge in [0.2, 0.25) is 0 Å². The summed E-state index contributed by atoms with van der Waals surface area (Å²) in [4.78, 5) is 3.26. The lowest BCUT2D eigenvalue weighted by atomic mass is 9.89. The normalized spacial score (nSPS) is 15.9. The zero-order chi connectivity index (χ0) is 17.6. The van der Waals surface area contributed by atoms with E-state index in [0.717, 1.165) is 55.1 Å². The highest BCUT2D eigenvalue weighted by atomic mass is 32.1. The molecule has 5 heteroatoms. The summed E-state index contributed by atoms with van der Waals surface area (Å²) in [5.41, 5.74) is 2.29. The second-order valence-corrected chi connectivity index (χ2v) is 7.09. The minimum atomic E-state index is -0.185. The number of hydrogen-bond donors (Lipinski definition) is 0. The molecule has 0 aliphatic carbocycles. The lowest BCUT2D eigenvalue weighted by Crippen LogP contribution is -2.34. The van der Waals surface area contributed by atoms with Crippen molar-refractivity contribution >= 4 is 11.7 Å². The van der Waals surface area contributed by atoms with E-state index >= 15 is 0 Å². The Bertz CT molecular complexity index is 712. The van der Waals surface area contributed by atoms with Gasteiger partial charge in [0.15, 0.2) is 0 Å². The SMILES string of the molecule is COc1ccc([S+]=O)c(C2CCN(CCc3ccc(F)cc3)CC2)c1. The van der Waals surface area contributed by atoms with Crippen LogP contribution in [-0.4, -0.2) is 31.6 Å². The van der Waals surface area contributed by atoms with Gasteiger partial charge in [-0.05, 0) is 68.1 Å². The Morgan fingerprint density at radius 2 is 1.88 bits per heavy atom. The van der Waals surface area contributed by atoms with Gasteiger partial charge < -0.3 is 9.64 Å². The Kier molecular flexibility index (Phi) is 6.10. The number of benzene rings is 2. The summed E-state index contributed by atoms with van der Waals surface area (Å²) in [5, 5.41) is 0. The molecule has 132 valence electrons. The molecule has 1 aliphatic rings. The molecule has 0 radical (unpaired) electrons. The monoisotopic (exact) mass is 360 g/mol. The third kappa shape index (κ3) is 4.61. The highest BCUT2D eigenvalue weighted by molar-refractivity contribution is 7.65. The molecule has 1 fully saturated rings. The van der Waals surface area contributed by atoms with Crippen molar-refractivity contribution in [1.82, 2.24) is 4.90 Å². The predicted octanol–water partition coefficient (Wildman–Crippen LogP) is 4.04. The molecule has 0 saturated carbocycles. The first-order chi connectivity index (χ1) is 12.2. The van der Waals surface area contributed by atoms with E-state index in [0.29, 0.717) is 17.6 Å². The Labute approximate surface area is 152 Å². The fourth-order valence-corrected chi connectivity index (χ4v) is 3.90. The number of methoxy groups -OCH3 is 1. The average molecular weight is 360 g/mol. The van der Waals surface area contributed by atoms with Gasteiger partial charge in [-0.3, -0.25) is 0 Å². The van der Waals surface area contributed by atoms with E-state index in [9.17, 15) is 8.60 Å². The van der Waals surface area contributed by atoms with E-state index < -0.39 is 0 Å². The fraction of sp³-hybridized carbons (Fsp3) is 0.400. The topological polar surface area (TPSA) is 29.5 Å². The van der Waals surface area contributed by atoms with E-state index in [1.807, 2.05) is 30.3 Å². The number of piperidine rings is 1. The molecule has 0 spiro atoms. The lowest BCUT2D eigenvalue weighted by molar-refractivity contribution is 0.213. The largest absolute Gasteiger partial charge is 0.505 e. The van der Waals surface area contributed by atoms with Crippen LogP contribution in [0.15, 0.2) is 47.4 Å².